The molecule has 2 aliphatic rings. The average Bonchev–Trinajstić information content (AvgIpc) is 2.98. The number of hydrogen-bond acceptors (Lipinski definition) is 5. The lowest BCUT2D eigenvalue weighted by molar-refractivity contribution is 0.120. The highest BCUT2D eigenvalue weighted by Gasteiger charge is 2.30. The van der Waals surface area contributed by atoms with Crippen LogP contribution in [0.25, 0.3) is 0 Å². The minimum Gasteiger partial charge on any atom is -0.355 e. The van der Waals surface area contributed by atoms with E-state index >= 15 is 0 Å². The molecule has 5 heteroatoms. The molecule has 0 amide bonds. The van der Waals surface area contributed by atoms with Crippen molar-refractivity contribution in [2.24, 2.45) is 0 Å². The Morgan fingerprint density at radius 1 is 1.10 bits per heavy atom. The molecule has 0 bridgehead atoms. The third-order valence-electron chi connectivity index (χ3n) is 4.81. The standard InChI is InChI=1S/C16H27N5/c1-13(2)15-10-16(18-12-17-15)21-5-4-14(11-21)20-8-6-19(3)7-9-20/h10,12-14H,4-9,11H2,1-3H3. The molecule has 2 fully saturated rings. The zero-order valence-electron chi connectivity index (χ0n) is 13.5. The summed E-state index contributed by atoms with van der Waals surface area (Å²) in [6.45, 7) is 11.4. The first-order valence-corrected chi connectivity index (χ1v) is 8.13. The molecule has 1 aromatic heterocycles. The molecule has 2 aliphatic heterocycles. The van der Waals surface area contributed by atoms with E-state index in [0.717, 1.165) is 24.6 Å². The number of hydrogen-bond donors (Lipinski definition) is 0. The second-order valence-corrected chi connectivity index (χ2v) is 6.68. The number of aromatic nitrogens is 2. The van der Waals surface area contributed by atoms with Gasteiger partial charge in [0.15, 0.2) is 0 Å². The van der Waals surface area contributed by atoms with Gasteiger partial charge >= 0.3 is 0 Å². The van der Waals surface area contributed by atoms with Gasteiger partial charge in [-0.15, -0.1) is 0 Å². The van der Waals surface area contributed by atoms with Crippen molar-refractivity contribution < 1.29 is 0 Å². The lowest BCUT2D eigenvalue weighted by atomic mass is 10.1. The zero-order valence-corrected chi connectivity index (χ0v) is 13.5. The van der Waals surface area contributed by atoms with Crippen LogP contribution in [0.4, 0.5) is 5.82 Å². The Morgan fingerprint density at radius 3 is 2.57 bits per heavy atom. The maximum atomic E-state index is 4.48. The highest BCUT2D eigenvalue weighted by atomic mass is 15.3. The van der Waals surface area contributed by atoms with Gasteiger partial charge in [-0.2, -0.15) is 0 Å². The first kappa shape index (κ1) is 14.7. The summed E-state index contributed by atoms with van der Waals surface area (Å²) in [5.74, 6) is 1.56. The summed E-state index contributed by atoms with van der Waals surface area (Å²) in [5, 5.41) is 0. The Labute approximate surface area is 128 Å². The molecular formula is C16H27N5. The molecule has 0 aliphatic carbocycles. The monoisotopic (exact) mass is 289 g/mol. The maximum Gasteiger partial charge on any atom is 0.132 e. The van der Waals surface area contributed by atoms with E-state index in [9.17, 15) is 0 Å². The second kappa shape index (κ2) is 6.28. The number of nitrogens with zero attached hydrogens (tertiary/aromatic N) is 5. The van der Waals surface area contributed by atoms with E-state index in [-0.39, 0.29) is 0 Å². The molecule has 1 unspecified atom stereocenters. The van der Waals surface area contributed by atoms with Crippen LogP contribution in [0.1, 0.15) is 31.9 Å². The van der Waals surface area contributed by atoms with Crippen molar-refractivity contribution in [1.29, 1.82) is 0 Å². The molecule has 0 saturated carbocycles. The lowest BCUT2D eigenvalue weighted by Crippen LogP contribution is -2.49. The summed E-state index contributed by atoms with van der Waals surface area (Å²) in [6.07, 6.45) is 2.97. The first-order valence-electron chi connectivity index (χ1n) is 8.13. The molecule has 0 aromatic carbocycles. The van der Waals surface area contributed by atoms with Gasteiger partial charge in [-0.25, -0.2) is 9.97 Å². The summed E-state index contributed by atoms with van der Waals surface area (Å²) in [5.41, 5.74) is 1.14. The summed E-state index contributed by atoms with van der Waals surface area (Å²) in [7, 11) is 2.21. The third-order valence-corrected chi connectivity index (χ3v) is 4.81. The van der Waals surface area contributed by atoms with Gasteiger partial charge < -0.3 is 9.80 Å². The minimum atomic E-state index is 0.461. The molecule has 1 aromatic rings. The first-order chi connectivity index (χ1) is 10.1. The van der Waals surface area contributed by atoms with E-state index in [1.165, 1.54) is 32.6 Å². The van der Waals surface area contributed by atoms with Gasteiger partial charge in [0.05, 0.1) is 0 Å². The largest absolute Gasteiger partial charge is 0.355 e. The Hall–Kier alpha value is -1.20. The van der Waals surface area contributed by atoms with E-state index < -0.39 is 0 Å². The van der Waals surface area contributed by atoms with Crippen LogP contribution in [0.15, 0.2) is 12.4 Å². The predicted molar refractivity (Wildman–Crippen MR) is 85.8 cm³/mol. The smallest absolute Gasteiger partial charge is 0.132 e. The molecule has 0 N–H and O–H groups in total. The van der Waals surface area contributed by atoms with Crippen LogP contribution in [0, 0.1) is 0 Å². The third kappa shape index (κ3) is 3.35. The van der Waals surface area contributed by atoms with Gasteiger partial charge in [0.2, 0.25) is 0 Å². The highest BCUT2D eigenvalue weighted by Crippen LogP contribution is 2.23. The van der Waals surface area contributed by atoms with E-state index in [2.05, 4.69) is 51.6 Å². The van der Waals surface area contributed by atoms with Crippen LogP contribution in [-0.2, 0) is 0 Å². The SMILES string of the molecule is CC(C)c1cc(N2CCC(N3CCN(C)CC3)C2)ncn1. The van der Waals surface area contributed by atoms with Crippen molar-refractivity contribution in [2.75, 3.05) is 51.2 Å². The maximum absolute atomic E-state index is 4.48. The number of anilines is 1. The summed E-state index contributed by atoms with van der Waals surface area (Å²) in [4.78, 5) is 16.4. The van der Waals surface area contributed by atoms with E-state index in [1.54, 1.807) is 6.33 Å². The van der Waals surface area contributed by atoms with Gasteiger partial charge in [-0.1, -0.05) is 13.8 Å². The summed E-state index contributed by atoms with van der Waals surface area (Å²) in [6, 6.07) is 2.85. The highest BCUT2D eigenvalue weighted by molar-refractivity contribution is 5.41. The van der Waals surface area contributed by atoms with Crippen molar-refractivity contribution in [3.63, 3.8) is 0 Å². The second-order valence-electron chi connectivity index (χ2n) is 6.68. The zero-order chi connectivity index (χ0) is 14.8. The van der Waals surface area contributed by atoms with Crippen LogP contribution in [0.2, 0.25) is 0 Å². The van der Waals surface area contributed by atoms with Crippen molar-refractivity contribution in [3.8, 4) is 0 Å². The molecule has 3 rings (SSSR count). The Kier molecular flexibility index (Phi) is 4.40. The van der Waals surface area contributed by atoms with Gasteiger partial charge in [0.25, 0.3) is 0 Å². The molecule has 3 heterocycles. The fraction of sp³-hybridized carbons (Fsp3) is 0.750. The van der Waals surface area contributed by atoms with Crippen LogP contribution in [0.3, 0.4) is 0 Å². The Balaban J connectivity index is 1.63. The number of rotatable bonds is 3. The van der Waals surface area contributed by atoms with Gasteiger partial charge in [0, 0.05) is 57.1 Å². The fourth-order valence-electron chi connectivity index (χ4n) is 3.29. The molecule has 116 valence electrons. The van der Waals surface area contributed by atoms with Crippen LogP contribution in [-0.4, -0.2) is 72.1 Å². The minimum absolute atomic E-state index is 0.461. The predicted octanol–water partition coefficient (Wildman–Crippen LogP) is 1.43. The molecular weight excluding hydrogens is 262 g/mol. The molecule has 0 radical (unpaired) electrons. The van der Waals surface area contributed by atoms with Crippen molar-refractivity contribution >= 4 is 5.82 Å². The van der Waals surface area contributed by atoms with Crippen LogP contribution in [0.5, 0.6) is 0 Å². The summed E-state index contributed by atoms with van der Waals surface area (Å²) >= 11 is 0. The van der Waals surface area contributed by atoms with E-state index in [1.807, 2.05) is 0 Å². The van der Waals surface area contributed by atoms with Gasteiger partial charge in [-0.05, 0) is 19.4 Å². The van der Waals surface area contributed by atoms with Crippen molar-refractivity contribution in [3.05, 3.63) is 18.1 Å². The molecule has 5 nitrogen and oxygen atoms in total. The topological polar surface area (TPSA) is 35.5 Å². The van der Waals surface area contributed by atoms with Crippen molar-refractivity contribution in [2.45, 2.75) is 32.2 Å². The quantitative estimate of drug-likeness (QED) is 0.841. The molecule has 2 saturated heterocycles. The molecule has 1 atom stereocenters. The molecule has 21 heavy (non-hydrogen) atoms. The molecule has 0 spiro atoms. The lowest BCUT2D eigenvalue weighted by Gasteiger charge is -2.36. The number of piperazine rings is 1. The van der Waals surface area contributed by atoms with Crippen LogP contribution < -0.4 is 4.90 Å². The fourth-order valence-corrected chi connectivity index (χ4v) is 3.29. The van der Waals surface area contributed by atoms with E-state index in [0.29, 0.717) is 12.0 Å². The Morgan fingerprint density at radius 2 is 1.86 bits per heavy atom. The number of likely N-dealkylation sites (N-methyl/N-ethyl adjacent to an activating group) is 1. The van der Waals surface area contributed by atoms with Crippen LogP contribution >= 0.6 is 0 Å². The van der Waals surface area contributed by atoms with Gasteiger partial charge in [-0.3, -0.25) is 4.90 Å². The Bertz CT molecular complexity index is 467. The normalized spacial score (nSPS) is 25.0. The van der Waals surface area contributed by atoms with Crippen molar-refractivity contribution in [1.82, 2.24) is 19.8 Å². The van der Waals surface area contributed by atoms with E-state index in [4.69, 9.17) is 0 Å². The van der Waals surface area contributed by atoms with Gasteiger partial charge in [0.1, 0.15) is 12.1 Å². The summed E-state index contributed by atoms with van der Waals surface area (Å²) < 4.78 is 0. The average molecular weight is 289 g/mol.